The van der Waals surface area contributed by atoms with E-state index in [1.54, 1.807) is 19.4 Å². The van der Waals surface area contributed by atoms with Crippen molar-refractivity contribution in [2.45, 2.75) is 0 Å². The molecule has 16 heavy (non-hydrogen) atoms. The van der Waals surface area contributed by atoms with E-state index in [0.717, 1.165) is 11.4 Å². The minimum atomic E-state index is 0.594. The first-order valence-electron chi connectivity index (χ1n) is 4.80. The maximum atomic E-state index is 5.88. The molecular weight excluding hydrogens is 224 g/mol. The molecule has 0 atom stereocenters. The highest BCUT2D eigenvalue weighted by atomic mass is 35.5. The van der Waals surface area contributed by atoms with Gasteiger partial charge in [0, 0.05) is 16.8 Å². The quantitative estimate of drug-likeness (QED) is 0.883. The summed E-state index contributed by atoms with van der Waals surface area (Å²) in [6, 6.07) is 11.2. The number of hydrogen-bond donors (Lipinski definition) is 1. The number of ether oxygens (including phenoxy) is 1. The van der Waals surface area contributed by atoms with Crippen LogP contribution in [0.4, 0.5) is 11.4 Å². The summed E-state index contributed by atoms with van der Waals surface area (Å²) in [7, 11) is 1.59. The molecule has 0 fully saturated rings. The minimum absolute atomic E-state index is 0.594. The monoisotopic (exact) mass is 234 g/mol. The van der Waals surface area contributed by atoms with Crippen LogP contribution >= 0.6 is 11.6 Å². The highest BCUT2D eigenvalue weighted by molar-refractivity contribution is 6.30. The van der Waals surface area contributed by atoms with E-state index < -0.39 is 0 Å². The first kappa shape index (κ1) is 10.8. The van der Waals surface area contributed by atoms with Gasteiger partial charge in [0.1, 0.15) is 0 Å². The molecule has 0 aliphatic carbocycles. The topological polar surface area (TPSA) is 34.1 Å². The zero-order chi connectivity index (χ0) is 11.4. The number of nitrogens with one attached hydrogen (secondary N) is 1. The summed E-state index contributed by atoms with van der Waals surface area (Å²) in [4.78, 5) is 4.10. The fourth-order valence-corrected chi connectivity index (χ4v) is 1.50. The molecule has 82 valence electrons. The van der Waals surface area contributed by atoms with Crippen LogP contribution in [-0.4, -0.2) is 12.1 Å². The maximum absolute atomic E-state index is 5.88. The van der Waals surface area contributed by atoms with Crippen LogP contribution < -0.4 is 10.1 Å². The summed E-state index contributed by atoms with van der Waals surface area (Å²) in [5.74, 6) is 0.594. The molecule has 0 saturated carbocycles. The Hall–Kier alpha value is -1.74. The maximum Gasteiger partial charge on any atom is 0.213 e. The van der Waals surface area contributed by atoms with Crippen molar-refractivity contribution in [3.05, 3.63) is 47.6 Å². The first-order chi connectivity index (χ1) is 7.78. The molecule has 2 rings (SSSR count). The van der Waals surface area contributed by atoms with Crippen molar-refractivity contribution in [3.8, 4) is 5.88 Å². The molecule has 1 aromatic carbocycles. The van der Waals surface area contributed by atoms with Gasteiger partial charge in [-0.05, 0) is 24.3 Å². The molecule has 0 spiro atoms. The number of hydrogen-bond acceptors (Lipinski definition) is 3. The predicted molar refractivity (Wildman–Crippen MR) is 65.5 cm³/mol. The zero-order valence-electron chi connectivity index (χ0n) is 8.77. The van der Waals surface area contributed by atoms with Crippen LogP contribution in [0.25, 0.3) is 0 Å². The predicted octanol–water partition coefficient (Wildman–Crippen LogP) is 3.49. The van der Waals surface area contributed by atoms with Gasteiger partial charge < -0.3 is 10.1 Å². The van der Waals surface area contributed by atoms with E-state index in [0.29, 0.717) is 10.9 Å². The lowest BCUT2D eigenvalue weighted by Crippen LogP contribution is -1.92. The summed E-state index contributed by atoms with van der Waals surface area (Å²) in [6.45, 7) is 0. The van der Waals surface area contributed by atoms with Crippen LogP contribution in [0.1, 0.15) is 0 Å². The number of aromatic nitrogens is 1. The molecule has 0 saturated heterocycles. The van der Waals surface area contributed by atoms with Gasteiger partial charge >= 0.3 is 0 Å². The van der Waals surface area contributed by atoms with Crippen LogP contribution in [0.3, 0.4) is 0 Å². The van der Waals surface area contributed by atoms with E-state index in [1.807, 2.05) is 30.3 Å². The number of nitrogens with zero attached hydrogens (tertiary/aromatic N) is 1. The number of methoxy groups -OCH3 is 1. The number of pyridine rings is 1. The second kappa shape index (κ2) is 4.86. The van der Waals surface area contributed by atoms with Crippen molar-refractivity contribution in [3.63, 3.8) is 0 Å². The number of rotatable bonds is 3. The highest BCUT2D eigenvalue weighted by Gasteiger charge is 1.97. The molecular formula is C12H11ClN2O. The molecule has 1 aromatic heterocycles. The second-order valence-electron chi connectivity index (χ2n) is 3.22. The Balaban J connectivity index is 2.14. The number of benzene rings is 1. The average molecular weight is 235 g/mol. The van der Waals surface area contributed by atoms with Gasteiger partial charge in [-0.2, -0.15) is 0 Å². The SMILES string of the molecule is COc1ccc(Nc2cccc(Cl)c2)cn1. The van der Waals surface area contributed by atoms with Gasteiger partial charge in [-0.15, -0.1) is 0 Å². The van der Waals surface area contributed by atoms with Crippen molar-refractivity contribution in [2.75, 3.05) is 12.4 Å². The van der Waals surface area contributed by atoms with Crippen molar-refractivity contribution in [2.24, 2.45) is 0 Å². The molecule has 0 aliphatic rings. The lowest BCUT2D eigenvalue weighted by Gasteiger charge is -2.06. The summed E-state index contributed by atoms with van der Waals surface area (Å²) >= 11 is 5.88. The Morgan fingerprint density at radius 3 is 2.69 bits per heavy atom. The Morgan fingerprint density at radius 2 is 2.06 bits per heavy atom. The molecule has 4 heteroatoms. The summed E-state index contributed by atoms with van der Waals surface area (Å²) in [5, 5.41) is 3.89. The normalized spacial score (nSPS) is 9.88. The van der Waals surface area contributed by atoms with Gasteiger partial charge in [-0.25, -0.2) is 4.98 Å². The van der Waals surface area contributed by atoms with Crippen LogP contribution in [0.2, 0.25) is 5.02 Å². The van der Waals surface area contributed by atoms with E-state index in [9.17, 15) is 0 Å². The molecule has 2 aromatic rings. The summed E-state index contributed by atoms with van der Waals surface area (Å²) in [5.41, 5.74) is 1.82. The Bertz CT molecular complexity index is 471. The molecule has 0 aliphatic heterocycles. The van der Waals surface area contributed by atoms with Gasteiger partial charge in [-0.1, -0.05) is 17.7 Å². The highest BCUT2D eigenvalue weighted by Crippen LogP contribution is 2.20. The molecule has 1 heterocycles. The van der Waals surface area contributed by atoms with Crippen LogP contribution in [-0.2, 0) is 0 Å². The largest absolute Gasteiger partial charge is 0.481 e. The van der Waals surface area contributed by atoms with Gasteiger partial charge in [0.05, 0.1) is 19.0 Å². The zero-order valence-corrected chi connectivity index (χ0v) is 9.53. The second-order valence-corrected chi connectivity index (χ2v) is 3.66. The van der Waals surface area contributed by atoms with Gasteiger partial charge in [0.15, 0.2) is 0 Å². The Morgan fingerprint density at radius 1 is 1.19 bits per heavy atom. The lowest BCUT2D eigenvalue weighted by molar-refractivity contribution is 0.398. The third kappa shape index (κ3) is 2.64. The molecule has 0 radical (unpaired) electrons. The summed E-state index contributed by atoms with van der Waals surface area (Å²) < 4.78 is 4.98. The summed E-state index contributed by atoms with van der Waals surface area (Å²) in [6.07, 6.45) is 1.71. The molecule has 0 unspecified atom stereocenters. The van der Waals surface area contributed by atoms with Crippen molar-refractivity contribution >= 4 is 23.0 Å². The fraction of sp³-hybridized carbons (Fsp3) is 0.0833. The third-order valence-electron chi connectivity index (χ3n) is 2.06. The fourth-order valence-electron chi connectivity index (χ4n) is 1.31. The Labute approximate surface area is 99.0 Å². The molecule has 0 bridgehead atoms. The van der Waals surface area contributed by atoms with Crippen LogP contribution in [0, 0.1) is 0 Å². The van der Waals surface area contributed by atoms with Crippen molar-refractivity contribution in [1.82, 2.24) is 4.98 Å². The van der Waals surface area contributed by atoms with Crippen LogP contribution in [0.15, 0.2) is 42.6 Å². The lowest BCUT2D eigenvalue weighted by atomic mass is 10.3. The average Bonchev–Trinajstić information content (AvgIpc) is 2.30. The molecule has 0 amide bonds. The van der Waals surface area contributed by atoms with E-state index in [2.05, 4.69) is 10.3 Å². The van der Waals surface area contributed by atoms with E-state index in [4.69, 9.17) is 16.3 Å². The standard InChI is InChI=1S/C12H11ClN2O/c1-16-12-6-5-11(8-14-12)15-10-4-2-3-9(13)7-10/h2-8,15H,1H3. The molecule has 3 nitrogen and oxygen atoms in total. The van der Waals surface area contributed by atoms with E-state index in [1.165, 1.54) is 0 Å². The van der Waals surface area contributed by atoms with Crippen molar-refractivity contribution in [1.29, 1.82) is 0 Å². The van der Waals surface area contributed by atoms with Gasteiger partial charge in [-0.3, -0.25) is 0 Å². The third-order valence-corrected chi connectivity index (χ3v) is 2.29. The van der Waals surface area contributed by atoms with Crippen molar-refractivity contribution < 1.29 is 4.74 Å². The van der Waals surface area contributed by atoms with Gasteiger partial charge in [0.25, 0.3) is 0 Å². The number of halogens is 1. The van der Waals surface area contributed by atoms with Gasteiger partial charge in [0.2, 0.25) is 5.88 Å². The smallest absolute Gasteiger partial charge is 0.213 e. The molecule has 1 N–H and O–H groups in total. The van der Waals surface area contributed by atoms with Crippen LogP contribution in [0.5, 0.6) is 5.88 Å². The first-order valence-corrected chi connectivity index (χ1v) is 5.18. The van der Waals surface area contributed by atoms with E-state index in [-0.39, 0.29) is 0 Å². The van der Waals surface area contributed by atoms with E-state index >= 15 is 0 Å². The minimum Gasteiger partial charge on any atom is -0.481 e. The number of anilines is 2. The Kier molecular flexibility index (Phi) is 3.27.